The summed E-state index contributed by atoms with van der Waals surface area (Å²) < 4.78 is 7.44. The molecule has 0 aromatic carbocycles. The van der Waals surface area contributed by atoms with E-state index in [-0.39, 0.29) is 6.10 Å². The van der Waals surface area contributed by atoms with E-state index in [0.29, 0.717) is 47.8 Å². The van der Waals surface area contributed by atoms with Gasteiger partial charge in [0.05, 0.1) is 6.61 Å². The Morgan fingerprint density at radius 3 is 3.00 bits per heavy atom. The Morgan fingerprint density at radius 1 is 1.47 bits per heavy atom. The van der Waals surface area contributed by atoms with Crippen LogP contribution in [0.1, 0.15) is 18.9 Å². The number of morpholine rings is 1. The number of anilines is 1. The molecule has 1 aliphatic heterocycles. The molecule has 0 saturated carbocycles. The van der Waals surface area contributed by atoms with Gasteiger partial charge in [-0.05, 0) is 18.5 Å². The lowest BCUT2D eigenvalue weighted by Gasteiger charge is -2.22. The normalized spacial score (nSPS) is 20.0. The van der Waals surface area contributed by atoms with Crippen LogP contribution in [0.4, 0.5) is 5.82 Å². The molecule has 3 heterocycles. The van der Waals surface area contributed by atoms with Gasteiger partial charge in [0.1, 0.15) is 6.10 Å². The Kier molecular flexibility index (Phi) is 3.26. The first kappa shape index (κ1) is 12.6. The van der Waals surface area contributed by atoms with Crippen LogP contribution in [0.2, 0.25) is 5.28 Å². The number of hydrogen-bond donors (Lipinski definition) is 2. The van der Waals surface area contributed by atoms with E-state index in [2.05, 4.69) is 20.3 Å². The molecule has 1 aliphatic rings. The highest BCUT2D eigenvalue weighted by Crippen LogP contribution is 2.25. The van der Waals surface area contributed by atoms with Crippen LogP contribution in [-0.2, 0) is 11.3 Å². The minimum absolute atomic E-state index is 0.181. The number of imidazole rings is 1. The van der Waals surface area contributed by atoms with Crippen molar-refractivity contribution >= 4 is 28.6 Å². The summed E-state index contributed by atoms with van der Waals surface area (Å²) in [6, 6.07) is 0. The molecule has 7 nitrogen and oxygen atoms in total. The van der Waals surface area contributed by atoms with Gasteiger partial charge in [0, 0.05) is 19.6 Å². The summed E-state index contributed by atoms with van der Waals surface area (Å²) in [6.07, 6.45) is -0.181. The topological polar surface area (TPSA) is 90.9 Å². The van der Waals surface area contributed by atoms with Crippen molar-refractivity contribution in [2.45, 2.75) is 19.6 Å². The third-order valence-corrected chi connectivity index (χ3v) is 3.41. The Hall–Kier alpha value is -1.44. The number of nitrogens with zero attached hydrogens (tertiary/aromatic N) is 4. The quantitative estimate of drug-likeness (QED) is 0.790. The molecular weight excluding hydrogens is 268 g/mol. The zero-order valence-electron chi connectivity index (χ0n) is 10.6. The summed E-state index contributed by atoms with van der Waals surface area (Å²) in [5.74, 6) is 0.909. The molecule has 3 N–H and O–H groups in total. The smallest absolute Gasteiger partial charge is 0.205 e. The Bertz CT molecular complexity index is 607. The molecule has 1 unspecified atom stereocenters. The maximum Gasteiger partial charge on any atom is 0.205 e. The highest BCUT2D eigenvalue weighted by atomic mass is 35.5. The number of hydrogen-bond acceptors (Lipinski definition) is 6. The molecule has 3 rings (SSSR count). The first-order valence-electron chi connectivity index (χ1n) is 6.22. The molecule has 8 heteroatoms. The van der Waals surface area contributed by atoms with E-state index in [1.165, 1.54) is 0 Å². The van der Waals surface area contributed by atoms with Gasteiger partial charge in [-0.2, -0.15) is 0 Å². The first-order chi connectivity index (χ1) is 9.20. The fourth-order valence-corrected chi connectivity index (χ4v) is 2.45. The second-order valence-electron chi connectivity index (χ2n) is 4.33. The average molecular weight is 283 g/mol. The summed E-state index contributed by atoms with van der Waals surface area (Å²) >= 11 is 6.06. The van der Waals surface area contributed by atoms with E-state index in [0.717, 1.165) is 6.54 Å². The molecule has 1 fully saturated rings. The van der Waals surface area contributed by atoms with E-state index >= 15 is 0 Å². The Labute approximate surface area is 115 Å². The van der Waals surface area contributed by atoms with E-state index in [1.54, 1.807) is 4.57 Å². The maximum atomic E-state index is 6.06. The molecule has 0 bridgehead atoms. The number of halogens is 1. The van der Waals surface area contributed by atoms with Gasteiger partial charge in [-0.15, -0.1) is 0 Å². The van der Waals surface area contributed by atoms with E-state index < -0.39 is 0 Å². The second kappa shape index (κ2) is 4.92. The van der Waals surface area contributed by atoms with E-state index in [4.69, 9.17) is 22.1 Å². The minimum Gasteiger partial charge on any atom is -0.382 e. The van der Waals surface area contributed by atoms with Crippen LogP contribution in [-0.4, -0.2) is 39.2 Å². The average Bonchev–Trinajstić information content (AvgIpc) is 2.76. The summed E-state index contributed by atoms with van der Waals surface area (Å²) in [4.78, 5) is 13.0. The minimum atomic E-state index is -0.181. The van der Waals surface area contributed by atoms with Crippen molar-refractivity contribution in [2.75, 3.05) is 25.4 Å². The standard InChI is InChI=1S/C11H15ClN6O/c1-2-18-10-7(15-11(18)12)8(13)16-9(17-10)6-5-14-3-4-19-6/h6,14H,2-5H2,1H3,(H2,13,16,17). The number of rotatable bonds is 2. The SMILES string of the molecule is CCn1c(Cl)nc2c(N)nc(C3CNCCO3)nc21. The van der Waals surface area contributed by atoms with Crippen LogP contribution in [0.15, 0.2) is 0 Å². The number of nitrogens with one attached hydrogen (secondary N) is 1. The van der Waals surface area contributed by atoms with Crippen molar-refractivity contribution in [3.8, 4) is 0 Å². The van der Waals surface area contributed by atoms with Gasteiger partial charge < -0.3 is 15.8 Å². The van der Waals surface area contributed by atoms with Crippen molar-refractivity contribution < 1.29 is 4.74 Å². The number of aryl methyl sites for hydroxylation is 1. The molecule has 0 amide bonds. The van der Waals surface area contributed by atoms with E-state index in [9.17, 15) is 0 Å². The van der Waals surface area contributed by atoms with Crippen molar-refractivity contribution in [2.24, 2.45) is 0 Å². The van der Waals surface area contributed by atoms with Gasteiger partial charge in [0.25, 0.3) is 0 Å². The highest BCUT2D eigenvalue weighted by Gasteiger charge is 2.22. The monoisotopic (exact) mass is 282 g/mol. The lowest BCUT2D eigenvalue weighted by atomic mass is 10.3. The summed E-state index contributed by atoms with van der Waals surface area (Å²) in [7, 11) is 0. The summed E-state index contributed by atoms with van der Waals surface area (Å²) in [5, 5.41) is 3.61. The number of nitrogen functional groups attached to an aromatic ring is 1. The second-order valence-corrected chi connectivity index (χ2v) is 4.67. The largest absolute Gasteiger partial charge is 0.382 e. The third kappa shape index (κ3) is 2.13. The van der Waals surface area contributed by atoms with E-state index in [1.807, 2.05) is 6.92 Å². The predicted octanol–water partition coefficient (Wildman–Crippen LogP) is 0.743. The third-order valence-electron chi connectivity index (χ3n) is 3.12. The lowest BCUT2D eigenvalue weighted by molar-refractivity contribution is 0.0224. The van der Waals surface area contributed by atoms with Crippen LogP contribution < -0.4 is 11.1 Å². The maximum absolute atomic E-state index is 6.06. The molecule has 2 aromatic heterocycles. The fraction of sp³-hybridized carbons (Fsp3) is 0.545. The number of aromatic nitrogens is 4. The van der Waals surface area contributed by atoms with Crippen molar-refractivity contribution in [3.05, 3.63) is 11.1 Å². The predicted molar refractivity (Wildman–Crippen MR) is 72.0 cm³/mol. The van der Waals surface area contributed by atoms with Crippen LogP contribution >= 0.6 is 11.6 Å². The van der Waals surface area contributed by atoms with Crippen LogP contribution in [0.5, 0.6) is 0 Å². The van der Waals surface area contributed by atoms with Crippen molar-refractivity contribution in [1.29, 1.82) is 0 Å². The lowest BCUT2D eigenvalue weighted by Crippen LogP contribution is -2.34. The molecular formula is C11H15ClN6O. The molecule has 1 atom stereocenters. The number of nitrogens with two attached hydrogens (primary N) is 1. The zero-order chi connectivity index (χ0) is 13.4. The van der Waals surface area contributed by atoms with Crippen molar-refractivity contribution in [3.63, 3.8) is 0 Å². The fourth-order valence-electron chi connectivity index (χ4n) is 2.17. The van der Waals surface area contributed by atoms with Crippen molar-refractivity contribution in [1.82, 2.24) is 24.8 Å². The highest BCUT2D eigenvalue weighted by molar-refractivity contribution is 6.29. The molecule has 0 spiro atoms. The number of fused-ring (bicyclic) bond motifs is 1. The van der Waals surface area contributed by atoms with Gasteiger partial charge in [-0.25, -0.2) is 15.0 Å². The molecule has 0 radical (unpaired) electrons. The molecule has 1 saturated heterocycles. The molecule has 0 aliphatic carbocycles. The van der Waals surface area contributed by atoms with Gasteiger partial charge in [0.15, 0.2) is 22.8 Å². The van der Waals surface area contributed by atoms with Crippen LogP contribution in [0.3, 0.4) is 0 Å². The van der Waals surface area contributed by atoms with Crippen LogP contribution in [0.25, 0.3) is 11.2 Å². The Morgan fingerprint density at radius 2 is 2.32 bits per heavy atom. The Balaban J connectivity index is 2.11. The molecule has 19 heavy (non-hydrogen) atoms. The van der Waals surface area contributed by atoms with Gasteiger partial charge in [-0.3, -0.25) is 4.57 Å². The number of ether oxygens (including phenoxy) is 1. The summed E-state index contributed by atoms with van der Waals surface area (Å²) in [5.41, 5.74) is 7.14. The van der Waals surface area contributed by atoms with Gasteiger partial charge >= 0.3 is 0 Å². The van der Waals surface area contributed by atoms with Crippen LogP contribution in [0, 0.1) is 0 Å². The van der Waals surface area contributed by atoms with Gasteiger partial charge in [0.2, 0.25) is 5.28 Å². The summed E-state index contributed by atoms with van der Waals surface area (Å²) in [6.45, 7) is 4.81. The zero-order valence-corrected chi connectivity index (χ0v) is 11.3. The molecule has 2 aromatic rings. The first-order valence-corrected chi connectivity index (χ1v) is 6.60. The van der Waals surface area contributed by atoms with Gasteiger partial charge in [-0.1, -0.05) is 0 Å². The molecule has 102 valence electrons.